The normalized spacial score (nSPS) is 25.5. The van der Waals surface area contributed by atoms with Crippen LogP contribution in [-0.2, 0) is 4.79 Å². The number of hydrogen-bond donors (Lipinski definition) is 2. The smallest absolute Gasteiger partial charge is 0.234 e. The lowest BCUT2D eigenvalue weighted by Gasteiger charge is -2.35. The van der Waals surface area contributed by atoms with E-state index in [1.807, 2.05) is 24.4 Å². The Hall–Kier alpha value is -1.66. The molecule has 3 rings (SSSR count). The Balaban J connectivity index is 1.36. The highest BCUT2D eigenvalue weighted by Crippen LogP contribution is 2.23. The quantitative estimate of drug-likeness (QED) is 0.837. The molecule has 2 atom stereocenters. The van der Waals surface area contributed by atoms with Crippen LogP contribution in [0.3, 0.4) is 0 Å². The molecule has 2 N–H and O–H groups in total. The van der Waals surface area contributed by atoms with Gasteiger partial charge in [-0.2, -0.15) is 0 Å². The predicted molar refractivity (Wildman–Crippen MR) is 93.9 cm³/mol. The molecule has 132 valence electrons. The topological polar surface area (TPSA) is 68.7 Å². The van der Waals surface area contributed by atoms with Gasteiger partial charge in [-0.3, -0.25) is 9.69 Å². The Morgan fingerprint density at radius 3 is 2.79 bits per heavy atom. The van der Waals surface area contributed by atoms with Crippen molar-refractivity contribution in [2.24, 2.45) is 5.92 Å². The molecule has 6 nitrogen and oxygen atoms in total. The van der Waals surface area contributed by atoms with Crippen LogP contribution in [0.15, 0.2) is 24.4 Å². The molecule has 2 heterocycles. The van der Waals surface area contributed by atoms with Crippen LogP contribution in [-0.4, -0.2) is 66.3 Å². The maximum absolute atomic E-state index is 12.1. The van der Waals surface area contributed by atoms with Crippen molar-refractivity contribution in [2.75, 3.05) is 44.2 Å². The highest BCUT2D eigenvalue weighted by molar-refractivity contribution is 5.78. The van der Waals surface area contributed by atoms with Crippen LogP contribution in [0.5, 0.6) is 0 Å². The lowest BCUT2D eigenvalue weighted by atomic mass is 9.87. The van der Waals surface area contributed by atoms with Crippen molar-refractivity contribution in [3.63, 3.8) is 0 Å². The Kier molecular flexibility index (Phi) is 6.04. The van der Waals surface area contributed by atoms with Gasteiger partial charge in [-0.1, -0.05) is 12.5 Å². The third kappa shape index (κ3) is 4.92. The minimum atomic E-state index is -0.180. The zero-order valence-electron chi connectivity index (χ0n) is 14.2. The van der Waals surface area contributed by atoms with Crippen LogP contribution in [0, 0.1) is 5.92 Å². The number of anilines is 1. The van der Waals surface area contributed by atoms with Gasteiger partial charge in [-0.15, -0.1) is 0 Å². The molecular formula is C18H28N4O2. The van der Waals surface area contributed by atoms with Crippen LogP contribution >= 0.6 is 0 Å². The van der Waals surface area contributed by atoms with Crippen LogP contribution in [0.1, 0.15) is 25.7 Å². The van der Waals surface area contributed by atoms with E-state index in [1.54, 1.807) is 0 Å². The SMILES string of the molecule is O=C(CN1CCN(c2ccccn2)CC1)NCC1CCCC(O)C1. The summed E-state index contributed by atoms with van der Waals surface area (Å²) in [5, 5.41) is 12.7. The lowest BCUT2D eigenvalue weighted by molar-refractivity contribution is -0.122. The molecule has 0 bridgehead atoms. The van der Waals surface area contributed by atoms with Gasteiger partial charge in [0.15, 0.2) is 0 Å². The van der Waals surface area contributed by atoms with Crippen molar-refractivity contribution in [1.82, 2.24) is 15.2 Å². The summed E-state index contributed by atoms with van der Waals surface area (Å²) in [7, 11) is 0. The van der Waals surface area contributed by atoms with Crippen LogP contribution in [0.4, 0.5) is 5.82 Å². The first-order chi connectivity index (χ1) is 11.7. The number of amides is 1. The molecule has 0 radical (unpaired) electrons. The number of aromatic nitrogens is 1. The van der Waals surface area contributed by atoms with Crippen LogP contribution < -0.4 is 10.2 Å². The first-order valence-electron chi connectivity index (χ1n) is 9.04. The standard InChI is InChI=1S/C18H28N4O2/c23-16-5-3-4-15(12-16)13-20-18(24)14-21-8-10-22(11-9-21)17-6-1-2-7-19-17/h1-2,6-7,15-16,23H,3-5,8-14H2,(H,20,24). The number of pyridine rings is 1. The number of aliphatic hydroxyl groups is 1. The molecule has 1 saturated carbocycles. The van der Waals surface area contributed by atoms with Crippen LogP contribution in [0.2, 0.25) is 0 Å². The van der Waals surface area contributed by atoms with E-state index in [2.05, 4.69) is 20.1 Å². The number of aliphatic hydroxyl groups excluding tert-OH is 1. The number of rotatable bonds is 5. The van der Waals surface area contributed by atoms with E-state index in [0.717, 1.165) is 57.7 Å². The van der Waals surface area contributed by atoms with Gasteiger partial charge in [-0.05, 0) is 37.3 Å². The van der Waals surface area contributed by atoms with Crippen molar-refractivity contribution >= 4 is 11.7 Å². The van der Waals surface area contributed by atoms with Gasteiger partial charge in [0.2, 0.25) is 5.91 Å². The second kappa shape index (κ2) is 8.44. The summed E-state index contributed by atoms with van der Waals surface area (Å²) < 4.78 is 0. The van der Waals surface area contributed by atoms with Crippen molar-refractivity contribution < 1.29 is 9.90 Å². The number of nitrogens with one attached hydrogen (secondary N) is 1. The minimum absolute atomic E-state index is 0.0985. The van der Waals surface area contributed by atoms with Crippen molar-refractivity contribution in [3.05, 3.63) is 24.4 Å². The predicted octanol–water partition coefficient (Wildman–Crippen LogP) is 0.871. The van der Waals surface area contributed by atoms with Gasteiger partial charge < -0.3 is 15.3 Å². The van der Waals surface area contributed by atoms with Gasteiger partial charge in [0.1, 0.15) is 5.82 Å². The van der Waals surface area contributed by atoms with E-state index in [-0.39, 0.29) is 12.0 Å². The summed E-state index contributed by atoms with van der Waals surface area (Å²) >= 11 is 0. The van der Waals surface area contributed by atoms with Gasteiger partial charge >= 0.3 is 0 Å². The van der Waals surface area contributed by atoms with E-state index in [9.17, 15) is 9.90 Å². The largest absolute Gasteiger partial charge is 0.393 e. The summed E-state index contributed by atoms with van der Waals surface area (Å²) in [5.74, 6) is 1.54. The van der Waals surface area contributed by atoms with E-state index in [4.69, 9.17) is 0 Å². The Labute approximate surface area is 143 Å². The van der Waals surface area contributed by atoms with E-state index >= 15 is 0 Å². The highest BCUT2D eigenvalue weighted by Gasteiger charge is 2.22. The average molecular weight is 332 g/mol. The van der Waals surface area contributed by atoms with E-state index in [1.165, 1.54) is 0 Å². The first-order valence-corrected chi connectivity index (χ1v) is 9.04. The molecule has 24 heavy (non-hydrogen) atoms. The molecule has 1 aromatic heterocycles. The first kappa shape index (κ1) is 17.2. The number of hydrogen-bond acceptors (Lipinski definition) is 5. The van der Waals surface area contributed by atoms with E-state index in [0.29, 0.717) is 19.0 Å². The van der Waals surface area contributed by atoms with E-state index < -0.39 is 0 Å². The lowest BCUT2D eigenvalue weighted by Crippen LogP contribution is -2.50. The monoisotopic (exact) mass is 332 g/mol. The fraction of sp³-hybridized carbons (Fsp3) is 0.667. The number of nitrogens with zero attached hydrogens (tertiary/aromatic N) is 3. The summed E-state index contributed by atoms with van der Waals surface area (Å²) in [6, 6.07) is 5.96. The number of carbonyl (C=O) groups is 1. The summed E-state index contributed by atoms with van der Waals surface area (Å²) in [6.07, 6.45) is 5.54. The second-order valence-corrected chi connectivity index (χ2v) is 6.94. The van der Waals surface area contributed by atoms with Gasteiger partial charge in [0.25, 0.3) is 0 Å². The number of carbonyl (C=O) groups excluding carboxylic acids is 1. The molecular weight excluding hydrogens is 304 g/mol. The number of piperazine rings is 1. The fourth-order valence-electron chi connectivity index (χ4n) is 3.64. The molecule has 1 aliphatic heterocycles. The summed E-state index contributed by atoms with van der Waals surface area (Å²) in [6.45, 7) is 4.73. The van der Waals surface area contributed by atoms with Crippen LogP contribution in [0.25, 0.3) is 0 Å². The second-order valence-electron chi connectivity index (χ2n) is 6.94. The zero-order valence-corrected chi connectivity index (χ0v) is 14.2. The van der Waals surface area contributed by atoms with Gasteiger partial charge in [0, 0.05) is 38.9 Å². The summed E-state index contributed by atoms with van der Waals surface area (Å²) in [4.78, 5) is 21.0. The maximum Gasteiger partial charge on any atom is 0.234 e. The van der Waals surface area contributed by atoms with Crippen molar-refractivity contribution in [3.8, 4) is 0 Å². The molecule has 0 spiro atoms. The maximum atomic E-state index is 12.1. The average Bonchev–Trinajstić information content (AvgIpc) is 2.61. The molecule has 6 heteroatoms. The highest BCUT2D eigenvalue weighted by atomic mass is 16.3. The molecule has 0 aromatic carbocycles. The third-order valence-corrected chi connectivity index (χ3v) is 5.06. The zero-order chi connectivity index (χ0) is 16.8. The molecule has 1 aromatic rings. The summed E-state index contributed by atoms with van der Waals surface area (Å²) in [5.41, 5.74) is 0. The van der Waals surface area contributed by atoms with Gasteiger partial charge in [0.05, 0.1) is 12.6 Å². The van der Waals surface area contributed by atoms with Crippen molar-refractivity contribution in [1.29, 1.82) is 0 Å². The Morgan fingerprint density at radius 2 is 2.08 bits per heavy atom. The molecule has 2 aliphatic rings. The fourth-order valence-corrected chi connectivity index (χ4v) is 3.64. The Bertz CT molecular complexity index is 517. The molecule has 2 unspecified atom stereocenters. The van der Waals surface area contributed by atoms with Gasteiger partial charge in [-0.25, -0.2) is 4.98 Å². The minimum Gasteiger partial charge on any atom is -0.393 e. The third-order valence-electron chi connectivity index (χ3n) is 5.06. The molecule has 1 amide bonds. The molecule has 1 saturated heterocycles. The Morgan fingerprint density at radius 1 is 1.25 bits per heavy atom. The molecule has 2 fully saturated rings. The molecule has 1 aliphatic carbocycles. The van der Waals surface area contributed by atoms with Crippen molar-refractivity contribution in [2.45, 2.75) is 31.8 Å².